The molecular formula is C10H11N5O. The third kappa shape index (κ3) is 2.18. The molecule has 6 heteroatoms. The van der Waals surface area contributed by atoms with Crippen LogP contribution in [0.2, 0.25) is 0 Å². The zero-order chi connectivity index (χ0) is 11.4. The molecule has 0 bridgehead atoms. The van der Waals surface area contributed by atoms with Gasteiger partial charge in [-0.25, -0.2) is 15.6 Å². The number of hydrogen-bond acceptors (Lipinski definition) is 3. The quantitative estimate of drug-likeness (QED) is 0.396. The van der Waals surface area contributed by atoms with Gasteiger partial charge >= 0.3 is 6.03 Å². The van der Waals surface area contributed by atoms with Crippen LogP contribution in [-0.4, -0.2) is 15.6 Å². The molecule has 0 saturated heterocycles. The molecule has 1 aromatic heterocycles. The van der Waals surface area contributed by atoms with Gasteiger partial charge in [-0.1, -0.05) is 0 Å². The molecule has 4 N–H and O–H groups in total. The van der Waals surface area contributed by atoms with Gasteiger partial charge in [-0.05, 0) is 24.3 Å². The Morgan fingerprint density at radius 2 is 2.06 bits per heavy atom. The number of urea groups is 1. The van der Waals surface area contributed by atoms with Gasteiger partial charge in [0.2, 0.25) is 0 Å². The summed E-state index contributed by atoms with van der Waals surface area (Å²) in [5.74, 6) is 4.95. The summed E-state index contributed by atoms with van der Waals surface area (Å²) < 4.78 is 1.87. The zero-order valence-electron chi connectivity index (χ0n) is 8.42. The Bertz CT molecular complexity index is 462. The second kappa shape index (κ2) is 4.45. The number of anilines is 1. The van der Waals surface area contributed by atoms with Crippen molar-refractivity contribution in [1.29, 1.82) is 0 Å². The maximum atomic E-state index is 10.9. The molecular weight excluding hydrogens is 206 g/mol. The van der Waals surface area contributed by atoms with E-state index in [0.29, 0.717) is 5.69 Å². The third-order valence-electron chi connectivity index (χ3n) is 2.06. The molecule has 2 amide bonds. The van der Waals surface area contributed by atoms with Gasteiger partial charge in [0.05, 0.1) is 6.33 Å². The highest BCUT2D eigenvalue weighted by Gasteiger charge is 1.99. The van der Waals surface area contributed by atoms with Crippen LogP contribution in [-0.2, 0) is 0 Å². The maximum absolute atomic E-state index is 10.9. The highest BCUT2D eigenvalue weighted by atomic mass is 16.2. The van der Waals surface area contributed by atoms with Crippen LogP contribution in [0.3, 0.4) is 0 Å². The van der Waals surface area contributed by atoms with Crippen LogP contribution in [0.4, 0.5) is 10.5 Å². The number of nitrogens with zero attached hydrogens (tertiary/aromatic N) is 2. The first kappa shape index (κ1) is 10.2. The summed E-state index contributed by atoms with van der Waals surface area (Å²) in [5, 5.41) is 2.56. The van der Waals surface area contributed by atoms with Crippen molar-refractivity contribution in [1.82, 2.24) is 15.0 Å². The van der Waals surface area contributed by atoms with Crippen LogP contribution in [0.1, 0.15) is 0 Å². The van der Waals surface area contributed by atoms with E-state index in [1.165, 1.54) is 0 Å². The minimum absolute atomic E-state index is 0.449. The second-order valence-electron chi connectivity index (χ2n) is 3.12. The largest absolute Gasteiger partial charge is 0.333 e. The fraction of sp³-hybridized carbons (Fsp3) is 0. The molecule has 1 heterocycles. The van der Waals surface area contributed by atoms with Gasteiger partial charge in [-0.3, -0.25) is 5.43 Å². The fourth-order valence-electron chi connectivity index (χ4n) is 1.30. The Morgan fingerprint density at radius 1 is 1.31 bits per heavy atom. The fourth-order valence-corrected chi connectivity index (χ4v) is 1.30. The highest BCUT2D eigenvalue weighted by Crippen LogP contribution is 2.12. The lowest BCUT2D eigenvalue weighted by Crippen LogP contribution is -2.34. The monoisotopic (exact) mass is 217 g/mol. The number of nitrogens with two attached hydrogens (primary N) is 1. The molecule has 0 unspecified atom stereocenters. The number of imidazole rings is 1. The summed E-state index contributed by atoms with van der Waals surface area (Å²) in [4.78, 5) is 14.9. The Balaban J connectivity index is 2.14. The molecule has 0 saturated carbocycles. The number of rotatable bonds is 2. The number of hydrogen-bond donors (Lipinski definition) is 3. The highest BCUT2D eigenvalue weighted by molar-refractivity contribution is 5.88. The number of hydrazine groups is 1. The number of benzene rings is 1. The first-order chi connectivity index (χ1) is 7.79. The van der Waals surface area contributed by atoms with Crippen LogP contribution >= 0.6 is 0 Å². The predicted octanol–water partition coefficient (Wildman–Crippen LogP) is 0.867. The number of aromatic nitrogens is 2. The van der Waals surface area contributed by atoms with Gasteiger partial charge in [0.1, 0.15) is 0 Å². The Kier molecular flexibility index (Phi) is 2.84. The van der Waals surface area contributed by atoms with E-state index in [0.717, 1.165) is 5.69 Å². The van der Waals surface area contributed by atoms with Crippen LogP contribution in [0.15, 0.2) is 43.0 Å². The van der Waals surface area contributed by atoms with E-state index in [-0.39, 0.29) is 0 Å². The average Bonchev–Trinajstić information content (AvgIpc) is 2.83. The molecule has 0 aliphatic heterocycles. The minimum atomic E-state index is -0.449. The van der Waals surface area contributed by atoms with Crippen molar-refractivity contribution in [2.75, 3.05) is 5.32 Å². The summed E-state index contributed by atoms with van der Waals surface area (Å²) >= 11 is 0. The van der Waals surface area contributed by atoms with Crippen molar-refractivity contribution >= 4 is 11.7 Å². The lowest BCUT2D eigenvalue weighted by molar-refractivity contribution is 0.252. The number of nitrogens with one attached hydrogen (secondary N) is 2. The molecule has 0 aliphatic carbocycles. The van der Waals surface area contributed by atoms with Gasteiger partial charge < -0.3 is 9.88 Å². The van der Waals surface area contributed by atoms with Crippen molar-refractivity contribution < 1.29 is 4.79 Å². The molecule has 1 aromatic carbocycles. The van der Waals surface area contributed by atoms with E-state index < -0.39 is 6.03 Å². The smallest absolute Gasteiger partial charge is 0.307 e. The van der Waals surface area contributed by atoms with Crippen LogP contribution in [0.25, 0.3) is 5.69 Å². The van der Waals surface area contributed by atoms with Crippen molar-refractivity contribution in [3.63, 3.8) is 0 Å². The summed E-state index contributed by atoms with van der Waals surface area (Å²) in [6, 6.07) is 6.85. The van der Waals surface area contributed by atoms with E-state index in [1.807, 2.05) is 28.3 Å². The van der Waals surface area contributed by atoms with E-state index in [4.69, 9.17) is 5.84 Å². The lowest BCUT2D eigenvalue weighted by atomic mass is 10.3. The summed E-state index contributed by atoms with van der Waals surface area (Å²) in [6.45, 7) is 0. The molecule has 0 atom stereocenters. The second-order valence-corrected chi connectivity index (χ2v) is 3.12. The molecule has 16 heavy (non-hydrogen) atoms. The maximum Gasteiger partial charge on any atom is 0.333 e. The molecule has 2 aromatic rings. The molecule has 0 radical (unpaired) electrons. The number of carbonyl (C=O) groups excluding carboxylic acids is 1. The van der Waals surface area contributed by atoms with Gasteiger partial charge in [-0.15, -0.1) is 0 Å². The SMILES string of the molecule is NNC(=O)Nc1ccc(-n2ccnc2)cc1. The Labute approximate surface area is 92.1 Å². The normalized spacial score (nSPS) is 9.81. The molecule has 6 nitrogen and oxygen atoms in total. The van der Waals surface area contributed by atoms with Crippen LogP contribution in [0.5, 0.6) is 0 Å². The first-order valence-electron chi connectivity index (χ1n) is 4.65. The Hall–Kier alpha value is -2.34. The average molecular weight is 217 g/mol. The van der Waals surface area contributed by atoms with E-state index in [1.54, 1.807) is 24.7 Å². The van der Waals surface area contributed by atoms with E-state index >= 15 is 0 Å². The Morgan fingerprint density at radius 3 is 2.62 bits per heavy atom. The lowest BCUT2D eigenvalue weighted by Gasteiger charge is -2.05. The molecule has 82 valence electrons. The molecule has 2 rings (SSSR count). The minimum Gasteiger partial charge on any atom is -0.307 e. The van der Waals surface area contributed by atoms with Crippen LogP contribution < -0.4 is 16.6 Å². The van der Waals surface area contributed by atoms with Crippen molar-refractivity contribution in [2.24, 2.45) is 5.84 Å². The number of carbonyl (C=O) groups is 1. The standard InChI is InChI=1S/C10H11N5O/c11-14-10(16)13-8-1-3-9(4-2-8)15-6-5-12-7-15/h1-7H,11H2,(H2,13,14,16). The van der Waals surface area contributed by atoms with Gasteiger partial charge in [0.25, 0.3) is 0 Å². The summed E-state index contributed by atoms with van der Waals surface area (Å²) in [6.07, 6.45) is 5.25. The first-order valence-corrected chi connectivity index (χ1v) is 4.65. The third-order valence-corrected chi connectivity index (χ3v) is 2.06. The number of amides is 2. The van der Waals surface area contributed by atoms with Crippen molar-refractivity contribution in [3.8, 4) is 5.69 Å². The summed E-state index contributed by atoms with van der Waals surface area (Å²) in [7, 11) is 0. The molecule has 0 aliphatic rings. The molecule has 0 spiro atoms. The molecule has 0 fully saturated rings. The van der Waals surface area contributed by atoms with E-state index in [9.17, 15) is 4.79 Å². The van der Waals surface area contributed by atoms with Gasteiger partial charge in [0.15, 0.2) is 0 Å². The van der Waals surface area contributed by atoms with Crippen molar-refractivity contribution in [2.45, 2.75) is 0 Å². The van der Waals surface area contributed by atoms with Gasteiger partial charge in [0, 0.05) is 23.8 Å². The van der Waals surface area contributed by atoms with Crippen LogP contribution in [0, 0.1) is 0 Å². The van der Waals surface area contributed by atoms with Gasteiger partial charge in [-0.2, -0.15) is 0 Å². The predicted molar refractivity (Wildman–Crippen MR) is 59.9 cm³/mol. The zero-order valence-corrected chi connectivity index (χ0v) is 8.42. The van der Waals surface area contributed by atoms with E-state index in [2.05, 4.69) is 10.3 Å². The topological polar surface area (TPSA) is 85.0 Å². The summed E-state index contributed by atoms with van der Waals surface area (Å²) in [5.41, 5.74) is 3.63. The van der Waals surface area contributed by atoms with Crippen molar-refractivity contribution in [3.05, 3.63) is 43.0 Å².